The molecule has 0 saturated carbocycles. The zero-order valence-electron chi connectivity index (χ0n) is 7.69. The second-order valence-corrected chi connectivity index (χ2v) is 4.07. The Bertz CT molecular complexity index is 450. The van der Waals surface area contributed by atoms with Gasteiger partial charge < -0.3 is 0 Å². The number of amidine groups is 1. The van der Waals surface area contributed by atoms with Gasteiger partial charge in [-0.15, -0.1) is 5.10 Å². The highest BCUT2D eigenvalue weighted by molar-refractivity contribution is 8.17. The van der Waals surface area contributed by atoms with E-state index in [1.807, 2.05) is 18.2 Å². The van der Waals surface area contributed by atoms with Crippen LogP contribution in [-0.2, 0) is 0 Å². The largest absolute Gasteiger partial charge is 0.289 e. The highest BCUT2D eigenvalue weighted by Gasteiger charge is 2.26. The molecule has 0 radical (unpaired) electrons. The lowest BCUT2D eigenvalue weighted by Crippen LogP contribution is -2.27. The Labute approximate surface area is 86.5 Å². The van der Waals surface area contributed by atoms with Gasteiger partial charge in [0.2, 0.25) is 0 Å². The molecule has 0 bridgehead atoms. The lowest BCUT2D eigenvalue weighted by Gasteiger charge is -2.26. The number of allylic oxidation sites excluding steroid dienone is 1. The third-order valence-electron chi connectivity index (χ3n) is 2.30. The molecule has 0 atom stereocenters. The molecule has 2 aliphatic heterocycles. The summed E-state index contributed by atoms with van der Waals surface area (Å²) in [5, 5.41) is 7.40. The molecule has 3 nitrogen and oxygen atoms in total. The molecular weight excluding hydrogens is 194 g/mol. The summed E-state index contributed by atoms with van der Waals surface area (Å²) >= 11 is 1.65. The molecule has 0 amide bonds. The van der Waals surface area contributed by atoms with Crippen molar-refractivity contribution in [2.45, 2.75) is 6.92 Å². The van der Waals surface area contributed by atoms with Crippen LogP contribution in [0.2, 0.25) is 0 Å². The number of hydrazone groups is 1. The van der Waals surface area contributed by atoms with E-state index in [2.05, 4.69) is 33.8 Å². The molecule has 0 spiro atoms. The maximum absolute atomic E-state index is 4.29. The maximum Gasteiger partial charge on any atom is 0.196 e. The standard InChI is InChI=1S/C10H9N3S/c1-7-6-14-10-12-11-8-4-2-3-5-9(8)13(7)10/h2-6,11H,1H3. The zero-order valence-corrected chi connectivity index (χ0v) is 8.51. The van der Waals surface area contributed by atoms with Crippen molar-refractivity contribution in [2.24, 2.45) is 5.10 Å². The third-order valence-corrected chi connectivity index (χ3v) is 3.24. The number of benzene rings is 1. The van der Waals surface area contributed by atoms with Crippen molar-refractivity contribution >= 4 is 28.3 Å². The number of nitrogens with one attached hydrogen (secondary N) is 1. The van der Waals surface area contributed by atoms with Crippen LogP contribution in [0.5, 0.6) is 0 Å². The van der Waals surface area contributed by atoms with E-state index in [-0.39, 0.29) is 0 Å². The van der Waals surface area contributed by atoms with Crippen LogP contribution in [0.3, 0.4) is 0 Å². The summed E-state index contributed by atoms with van der Waals surface area (Å²) in [5.41, 5.74) is 6.51. The minimum absolute atomic E-state index is 1.00. The number of thioether (sulfide) groups is 1. The molecule has 1 aromatic rings. The molecule has 4 heteroatoms. The molecule has 1 N–H and O–H groups in total. The molecule has 2 heterocycles. The van der Waals surface area contributed by atoms with Gasteiger partial charge in [0, 0.05) is 5.70 Å². The van der Waals surface area contributed by atoms with Gasteiger partial charge in [-0.05, 0) is 24.5 Å². The zero-order chi connectivity index (χ0) is 9.54. The summed E-state index contributed by atoms with van der Waals surface area (Å²) in [6, 6.07) is 8.18. The van der Waals surface area contributed by atoms with E-state index in [0.29, 0.717) is 0 Å². The summed E-state index contributed by atoms with van der Waals surface area (Å²) in [5.74, 6) is 0. The van der Waals surface area contributed by atoms with Crippen LogP contribution in [0.4, 0.5) is 11.4 Å². The SMILES string of the molecule is CC1=CSC2=NNc3ccccc3N12. The van der Waals surface area contributed by atoms with E-state index in [9.17, 15) is 0 Å². The summed E-state index contributed by atoms with van der Waals surface area (Å²) in [7, 11) is 0. The third kappa shape index (κ3) is 0.974. The van der Waals surface area contributed by atoms with Crippen LogP contribution < -0.4 is 10.3 Å². The molecule has 70 valence electrons. The second kappa shape index (κ2) is 2.78. The smallest absolute Gasteiger partial charge is 0.196 e. The van der Waals surface area contributed by atoms with Crippen molar-refractivity contribution in [3.8, 4) is 0 Å². The summed E-state index contributed by atoms with van der Waals surface area (Å²) in [6.45, 7) is 2.09. The van der Waals surface area contributed by atoms with Gasteiger partial charge in [-0.25, -0.2) is 0 Å². The fourth-order valence-corrected chi connectivity index (χ4v) is 2.46. The first-order chi connectivity index (χ1) is 6.86. The topological polar surface area (TPSA) is 27.6 Å². The normalized spacial score (nSPS) is 17.9. The average molecular weight is 203 g/mol. The van der Waals surface area contributed by atoms with E-state index in [4.69, 9.17) is 0 Å². The van der Waals surface area contributed by atoms with Gasteiger partial charge in [0.25, 0.3) is 0 Å². The van der Waals surface area contributed by atoms with E-state index >= 15 is 0 Å². The summed E-state index contributed by atoms with van der Waals surface area (Å²) < 4.78 is 0. The van der Waals surface area contributed by atoms with Gasteiger partial charge in [0.05, 0.1) is 11.4 Å². The Kier molecular flexibility index (Phi) is 1.58. The van der Waals surface area contributed by atoms with Crippen LogP contribution in [0.15, 0.2) is 40.5 Å². The maximum atomic E-state index is 4.29. The molecule has 0 aromatic heterocycles. The van der Waals surface area contributed by atoms with Crippen LogP contribution in [-0.4, -0.2) is 5.17 Å². The minimum atomic E-state index is 1.00. The van der Waals surface area contributed by atoms with Crippen molar-refractivity contribution in [3.63, 3.8) is 0 Å². The van der Waals surface area contributed by atoms with Crippen molar-refractivity contribution in [1.82, 2.24) is 0 Å². The van der Waals surface area contributed by atoms with E-state index in [1.165, 1.54) is 11.4 Å². The predicted molar refractivity (Wildman–Crippen MR) is 61.3 cm³/mol. The van der Waals surface area contributed by atoms with Crippen molar-refractivity contribution in [3.05, 3.63) is 35.4 Å². The van der Waals surface area contributed by atoms with Crippen LogP contribution in [0.1, 0.15) is 6.92 Å². The number of anilines is 2. The number of hydrogen-bond acceptors (Lipinski definition) is 4. The first kappa shape index (κ1) is 7.94. The average Bonchev–Trinajstić information content (AvgIpc) is 2.61. The number of rotatable bonds is 0. The van der Waals surface area contributed by atoms with Gasteiger partial charge in [-0.1, -0.05) is 23.9 Å². The predicted octanol–water partition coefficient (Wildman–Crippen LogP) is 2.80. The van der Waals surface area contributed by atoms with Crippen molar-refractivity contribution in [2.75, 3.05) is 10.3 Å². The van der Waals surface area contributed by atoms with Crippen LogP contribution >= 0.6 is 11.8 Å². The Morgan fingerprint density at radius 2 is 2.21 bits per heavy atom. The van der Waals surface area contributed by atoms with E-state index < -0.39 is 0 Å². The molecule has 3 rings (SSSR count). The Morgan fingerprint density at radius 3 is 3.14 bits per heavy atom. The molecule has 0 aliphatic carbocycles. The van der Waals surface area contributed by atoms with Gasteiger partial charge in [0.15, 0.2) is 5.17 Å². The number of fused-ring (bicyclic) bond motifs is 3. The molecule has 0 fully saturated rings. The first-order valence-corrected chi connectivity index (χ1v) is 5.30. The van der Waals surface area contributed by atoms with Crippen molar-refractivity contribution in [1.29, 1.82) is 0 Å². The van der Waals surface area contributed by atoms with Crippen LogP contribution in [0, 0.1) is 0 Å². The van der Waals surface area contributed by atoms with Gasteiger partial charge in [-0.2, -0.15) is 0 Å². The number of para-hydroxylation sites is 2. The highest BCUT2D eigenvalue weighted by Crippen LogP contribution is 2.38. The lowest BCUT2D eigenvalue weighted by molar-refractivity contribution is 1.17. The summed E-state index contributed by atoms with van der Waals surface area (Å²) in [4.78, 5) is 2.16. The Balaban J connectivity index is 2.17. The fraction of sp³-hybridized carbons (Fsp3) is 0.100. The van der Waals surface area contributed by atoms with Crippen LogP contribution in [0.25, 0.3) is 0 Å². The van der Waals surface area contributed by atoms with E-state index in [1.54, 1.807) is 11.8 Å². The molecule has 0 saturated heterocycles. The van der Waals surface area contributed by atoms with Crippen molar-refractivity contribution < 1.29 is 0 Å². The lowest BCUT2D eigenvalue weighted by atomic mass is 10.2. The molecule has 2 aliphatic rings. The van der Waals surface area contributed by atoms with Gasteiger partial charge in [-0.3, -0.25) is 10.3 Å². The quantitative estimate of drug-likeness (QED) is 0.702. The highest BCUT2D eigenvalue weighted by atomic mass is 32.2. The fourth-order valence-electron chi connectivity index (χ4n) is 1.63. The monoisotopic (exact) mass is 203 g/mol. The number of nitrogens with zero attached hydrogens (tertiary/aromatic N) is 2. The number of hydrogen-bond donors (Lipinski definition) is 1. The molecule has 14 heavy (non-hydrogen) atoms. The molecule has 0 unspecified atom stereocenters. The second-order valence-electron chi connectivity index (χ2n) is 3.24. The molecular formula is C10H9N3S. The van der Waals surface area contributed by atoms with Gasteiger partial charge >= 0.3 is 0 Å². The first-order valence-electron chi connectivity index (χ1n) is 4.42. The summed E-state index contributed by atoms with van der Waals surface area (Å²) in [6.07, 6.45) is 0. The molecule has 1 aromatic carbocycles. The van der Waals surface area contributed by atoms with Gasteiger partial charge in [0.1, 0.15) is 0 Å². The minimum Gasteiger partial charge on any atom is -0.289 e. The Hall–Kier alpha value is -1.42. The Morgan fingerprint density at radius 1 is 1.36 bits per heavy atom. The van der Waals surface area contributed by atoms with E-state index in [0.717, 1.165) is 10.9 Å².